The van der Waals surface area contributed by atoms with Crippen molar-refractivity contribution >= 4 is 11.8 Å². The first-order valence-electron chi connectivity index (χ1n) is 9.11. The van der Waals surface area contributed by atoms with Crippen molar-refractivity contribution in [2.75, 3.05) is 33.8 Å². The number of hydrogen-bond acceptors (Lipinski definition) is 4. The van der Waals surface area contributed by atoms with Crippen molar-refractivity contribution in [1.82, 2.24) is 15.5 Å². The van der Waals surface area contributed by atoms with Gasteiger partial charge in [0.25, 0.3) is 5.91 Å². The molecule has 1 atom stereocenters. The van der Waals surface area contributed by atoms with Gasteiger partial charge in [0, 0.05) is 6.54 Å². The molecule has 0 radical (unpaired) electrons. The fourth-order valence-electron chi connectivity index (χ4n) is 2.78. The van der Waals surface area contributed by atoms with Gasteiger partial charge in [-0.25, -0.2) is 4.39 Å². The Balaban J connectivity index is 1.90. The van der Waals surface area contributed by atoms with Gasteiger partial charge >= 0.3 is 0 Å². The van der Waals surface area contributed by atoms with E-state index in [1.54, 1.807) is 30.3 Å². The largest absolute Gasteiger partial charge is 0.493 e. The van der Waals surface area contributed by atoms with Gasteiger partial charge in [-0.05, 0) is 50.8 Å². The Labute approximate surface area is 164 Å². The first-order valence-corrected chi connectivity index (χ1v) is 9.11. The summed E-state index contributed by atoms with van der Waals surface area (Å²) in [6.07, 6.45) is 0. The summed E-state index contributed by atoms with van der Waals surface area (Å²) in [5.41, 5.74) is 1.14. The lowest BCUT2D eigenvalue weighted by molar-refractivity contribution is -0.120. The Bertz CT molecular complexity index is 811. The Morgan fingerprint density at radius 3 is 2.54 bits per heavy atom. The van der Waals surface area contributed by atoms with Crippen LogP contribution in [-0.4, -0.2) is 50.5 Å². The summed E-state index contributed by atoms with van der Waals surface area (Å²) in [6.45, 7) is 2.40. The minimum absolute atomic E-state index is 0.164. The maximum atomic E-state index is 13.5. The Morgan fingerprint density at radius 1 is 1.11 bits per heavy atom. The third-order valence-electron chi connectivity index (χ3n) is 4.19. The minimum Gasteiger partial charge on any atom is -0.493 e. The van der Waals surface area contributed by atoms with E-state index in [1.807, 2.05) is 32.0 Å². The smallest absolute Gasteiger partial charge is 0.255 e. The molecule has 0 spiro atoms. The number of nitrogens with zero attached hydrogens (tertiary/aromatic N) is 1. The lowest BCUT2D eigenvalue weighted by Gasteiger charge is -2.25. The number of halogens is 1. The van der Waals surface area contributed by atoms with Crippen molar-refractivity contribution in [3.63, 3.8) is 0 Å². The van der Waals surface area contributed by atoms with E-state index in [2.05, 4.69) is 10.6 Å². The fourth-order valence-corrected chi connectivity index (χ4v) is 2.78. The molecule has 0 saturated heterocycles. The molecule has 0 aromatic heterocycles. The number of hydrogen-bond donors (Lipinski definition) is 2. The average molecular weight is 387 g/mol. The van der Waals surface area contributed by atoms with E-state index in [4.69, 9.17) is 4.74 Å². The standard InChI is InChI=1S/C21H26FN3O3/c1-4-28-19-11-6-5-10-17(19)21(27)24-14-20(26)23-13-18(25(2)3)15-8-7-9-16(22)12-15/h5-12,18H,4,13-14H2,1-3H3,(H,23,26)(H,24,27). The van der Waals surface area contributed by atoms with Crippen LogP contribution >= 0.6 is 0 Å². The molecule has 2 N–H and O–H groups in total. The summed E-state index contributed by atoms with van der Waals surface area (Å²) in [5.74, 6) is -0.559. The van der Waals surface area contributed by atoms with Crippen LogP contribution in [0.1, 0.15) is 28.9 Å². The summed E-state index contributed by atoms with van der Waals surface area (Å²) >= 11 is 0. The lowest BCUT2D eigenvalue weighted by Crippen LogP contribution is -2.40. The molecule has 2 amide bonds. The van der Waals surface area contributed by atoms with E-state index in [9.17, 15) is 14.0 Å². The fraction of sp³-hybridized carbons (Fsp3) is 0.333. The highest BCUT2D eigenvalue weighted by Crippen LogP contribution is 2.19. The number of benzene rings is 2. The van der Waals surface area contributed by atoms with E-state index in [0.717, 1.165) is 5.56 Å². The Hall–Kier alpha value is -2.93. The van der Waals surface area contributed by atoms with Crippen LogP contribution in [0.4, 0.5) is 4.39 Å². The van der Waals surface area contributed by atoms with Gasteiger partial charge in [0.2, 0.25) is 5.91 Å². The second-order valence-electron chi connectivity index (χ2n) is 6.45. The number of nitrogens with one attached hydrogen (secondary N) is 2. The topological polar surface area (TPSA) is 70.7 Å². The number of likely N-dealkylation sites (N-methyl/N-ethyl adjacent to an activating group) is 1. The molecule has 1 unspecified atom stereocenters. The zero-order valence-electron chi connectivity index (χ0n) is 16.4. The molecule has 150 valence electrons. The van der Waals surface area contributed by atoms with Crippen LogP contribution in [0.3, 0.4) is 0 Å². The molecule has 2 aromatic carbocycles. The maximum absolute atomic E-state index is 13.5. The molecular weight excluding hydrogens is 361 g/mol. The quantitative estimate of drug-likeness (QED) is 0.693. The van der Waals surface area contributed by atoms with Crippen molar-refractivity contribution < 1.29 is 18.7 Å². The normalized spacial score (nSPS) is 11.8. The van der Waals surface area contributed by atoms with Crippen molar-refractivity contribution in [2.45, 2.75) is 13.0 Å². The highest BCUT2D eigenvalue weighted by molar-refractivity contribution is 5.98. The van der Waals surface area contributed by atoms with Gasteiger partial charge in [-0.1, -0.05) is 24.3 Å². The van der Waals surface area contributed by atoms with E-state index in [0.29, 0.717) is 24.5 Å². The number of amides is 2. The van der Waals surface area contributed by atoms with Gasteiger partial charge in [0.15, 0.2) is 0 Å². The molecule has 0 aliphatic carbocycles. The summed E-state index contributed by atoms with van der Waals surface area (Å²) in [6, 6.07) is 13.0. The van der Waals surface area contributed by atoms with Crippen LogP contribution in [0.15, 0.2) is 48.5 Å². The van der Waals surface area contributed by atoms with Crippen LogP contribution in [0.2, 0.25) is 0 Å². The molecule has 0 saturated carbocycles. The van der Waals surface area contributed by atoms with E-state index >= 15 is 0 Å². The SMILES string of the molecule is CCOc1ccccc1C(=O)NCC(=O)NCC(c1cccc(F)c1)N(C)C. The van der Waals surface area contributed by atoms with Crippen LogP contribution in [0.25, 0.3) is 0 Å². The molecule has 0 aliphatic rings. The summed E-state index contributed by atoms with van der Waals surface area (Å²) in [4.78, 5) is 26.4. The van der Waals surface area contributed by atoms with Crippen molar-refractivity contribution in [1.29, 1.82) is 0 Å². The predicted molar refractivity (Wildman–Crippen MR) is 106 cm³/mol. The van der Waals surface area contributed by atoms with Gasteiger partial charge in [-0.2, -0.15) is 0 Å². The molecular formula is C21H26FN3O3. The zero-order chi connectivity index (χ0) is 20.5. The van der Waals surface area contributed by atoms with E-state index < -0.39 is 0 Å². The van der Waals surface area contributed by atoms with Crippen molar-refractivity contribution in [2.24, 2.45) is 0 Å². The third-order valence-corrected chi connectivity index (χ3v) is 4.19. The monoisotopic (exact) mass is 387 g/mol. The second-order valence-corrected chi connectivity index (χ2v) is 6.45. The van der Waals surface area contributed by atoms with Gasteiger partial charge in [0.05, 0.1) is 24.8 Å². The lowest BCUT2D eigenvalue weighted by atomic mass is 10.1. The highest BCUT2D eigenvalue weighted by Gasteiger charge is 2.17. The third kappa shape index (κ3) is 6.06. The molecule has 2 rings (SSSR count). The number of carbonyl (C=O) groups is 2. The highest BCUT2D eigenvalue weighted by atomic mass is 19.1. The molecule has 0 fully saturated rings. The van der Waals surface area contributed by atoms with Crippen molar-refractivity contribution in [3.8, 4) is 5.75 Å². The summed E-state index contributed by atoms with van der Waals surface area (Å²) < 4.78 is 18.9. The second kappa shape index (κ2) is 10.4. The Morgan fingerprint density at radius 2 is 1.86 bits per heavy atom. The van der Waals surface area contributed by atoms with Crippen LogP contribution < -0.4 is 15.4 Å². The summed E-state index contributed by atoms with van der Waals surface area (Å²) in [7, 11) is 3.71. The number of rotatable bonds is 9. The van der Waals surface area contributed by atoms with E-state index in [1.165, 1.54) is 12.1 Å². The number of para-hydroxylation sites is 1. The molecule has 0 bridgehead atoms. The minimum atomic E-state index is -0.381. The average Bonchev–Trinajstić information content (AvgIpc) is 2.67. The maximum Gasteiger partial charge on any atom is 0.255 e. The number of carbonyl (C=O) groups excluding carboxylic acids is 2. The van der Waals surface area contributed by atoms with Gasteiger partial charge in [-0.15, -0.1) is 0 Å². The first kappa shape index (κ1) is 21.4. The summed E-state index contributed by atoms with van der Waals surface area (Å²) in [5, 5.41) is 5.37. The van der Waals surface area contributed by atoms with Crippen LogP contribution in [0.5, 0.6) is 5.75 Å². The van der Waals surface area contributed by atoms with Gasteiger partial charge < -0.3 is 20.3 Å². The molecule has 0 aliphatic heterocycles. The van der Waals surface area contributed by atoms with Crippen molar-refractivity contribution in [3.05, 3.63) is 65.5 Å². The predicted octanol–water partition coefficient (Wildman–Crippen LogP) is 2.37. The molecule has 0 heterocycles. The van der Waals surface area contributed by atoms with Crippen LogP contribution in [0, 0.1) is 5.82 Å². The number of ether oxygens (including phenoxy) is 1. The molecule has 2 aromatic rings. The van der Waals surface area contributed by atoms with Gasteiger partial charge in [-0.3, -0.25) is 9.59 Å². The molecule has 28 heavy (non-hydrogen) atoms. The Kier molecular flexibility index (Phi) is 7.95. The zero-order valence-corrected chi connectivity index (χ0v) is 16.4. The molecule has 6 nitrogen and oxygen atoms in total. The molecule has 7 heteroatoms. The first-order chi connectivity index (χ1) is 13.4. The van der Waals surface area contributed by atoms with E-state index in [-0.39, 0.29) is 30.2 Å². The van der Waals surface area contributed by atoms with Gasteiger partial charge in [0.1, 0.15) is 11.6 Å². The van der Waals surface area contributed by atoms with Crippen LogP contribution in [-0.2, 0) is 4.79 Å².